The Kier molecular flexibility index (Phi) is 5.11. The molecule has 128 valence electrons. The van der Waals surface area contributed by atoms with Crippen LogP contribution in [-0.4, -0.2) is 59.0 Å². The van der Waals surface area contributed by atoms with Crippen molar-refractivity contribution in [2.75, 3.05) is 33.3 Å². The summed E-state index contributed by atoms with van der Waals surface area (Å²) < 4.78 is 5.13. The number of aromatic nitrogens is 2. The fourth-order valence-corrected chi connectivity index (χ4v) is 3.66. The molecule has 7 heteroatoms. The monoisotopic (exact) mass is 346 g/mol. The largest absolute Gasteiger partial charge is 0.473 e. The van der Waals surface area contributed by atoms with Crippen molar-refractivity contribution in [2.45, 2.75) is 20.4 Å². The van der Waals surface area contributed by atoms with Crippen molar-refractivity contribution < 1.29 is 9.53 Å². The minimum absolute atomic E-state index is 0.0574. The van der Waals surface area contributed by atoms with Gasteiger partial charge in [-0.05, 0) is 25.5 Å². The second-order valence-electron chi connectivity index (χ2n) is 5.93. The summed E-state index contributed by atoms with van der Waals surface area (Å²) in [5.41, 5.74) is 3.07. The second kappa shape index (κ2) is 7.27. The molecule has 0 radical (unpaired) electrons. The number of amides is 1. The molecule has 0 aromatic carbocycles. The highest BCUT2D eigenvalue weighted by Crippen LogP contribution is 2.26. The molecule has 0 spiro atoms. The molecule has 1 aliphatic heterocycles. The molecule has 2 aromatic rings. The van der Waals surface area contributed by atoms with Gasteiger partial charge in [0, 0.05) is 38.9 Å². The average Bonchev–Trinajstić information content (AvgIpc) is 2.98. The van der Waals surface area contributed by atoms with Gasteiger partial charge < -0.3 is 9.64 Å². The van der Waals surface area contributed by atoms with Crippen molar-refractivity contribution in [3.05, 3.63) is 40.2 Å². The first-order valence-corrected chi connectivity index (χ1v) is 8.83. The van der Waals surface area contributed by atoms with Gasteiger partial charge in [-0.1, -0.05) is 17.4 Å². The predicted molar refractivity (Wildman–Crippen MR) is 93.6 cm³/mol. The van der Waals surface area contributed by atoms with Gasteiger partial charge in [-0.25, -0.2) is 4.98 Å². The van der Waals surface area contributed by atoms with E-state index in [2.05, 4.69) is 27.9 Å². The quantitative estimate of drug-likeness (QED) is 0.849. The molecule has 0 N–H and O–H groups in total. The van der Waals surface area contributed by atoms with Crippen molar-refractivity contribution in [3.63, 3.8) is 0 Å². The van der Waals surface area contributed by atoms with Crippen LogP contribution in [0, 0.1) is 13.8 Å². The van der Waals surface area contributed by atoms with Crippen LogP contribution >= 0.6 is 11.3 Å². The third-order valence-corrected chi connectivity index (χ3v) is 5.40. The van der Waals surface area contributed by atoms with Gasteiger partial charge in [0.2, 0.25) is 0 Å². The van der Waals surface area contributed by atoms with Crippen molar-refractivity contribution in [1.29, 1.82) is 0 Å². The third kappa shape index (κ3) is 3.57. The number of hydrogen-bond donors (Lipinski definition) is 0. The number of pyridine rings is 1. The van der Waals surface area contributed by atoms with E-state index in [0.29, 0.717) is 10.1 Å². The third-order valence-electron chi connectivity index (χ3n) is 4.30. The van der Waals surface area contributed by atoms with E-state index >= 15 is 0 Å². The summed E-state index contributed by atoms with van der Waals surface area (Å²) in [6, 6.07) is 4.04. The summed E-state index contributed by atoms with van der Waals surface area (Å²) in [4.78, 5) is 26.3. The van der Waals surface area contributed by atoms with Crippen LogP contribution in [-0.2, 0) is 6.54 Å². The van der Waals surface area contributed by atoms with Crippen LogP contribution in [0.2, 0.25) is 0 Å². The average molecular weight is 346 g/mol. The highest BCUT2D eigenvalue weighted by molar-refractivity contribution is 7.15. The molecule has 3 rings (SSSR count). The molecule has 0 atom stereocenters. The molecule has 0 bridgehead atoms. The summed E-state index contributed by atoms with van der Waals surface area (Å²) in [6.45, 7) is 7.94. The molecular weight excluding hydrogens is 324 g/mol. The highest BCUT2D eigenvalue weighted by Gasteiger charge is 2.26. The Balaban J connectivity index is 1.59. The Hall–Kier alpha value is -1.99. The lowest BCUT2D eigenvalue weighted by atomic mass is 10.2. The Morgan fingerprint density at radius 3 is 2.67 bits per heavy atom. The summed E-state index contributed by atoms with van der Waals surface area (Å²) in [6.07, 6.45) is 1.84. The van der Waals surface area contributed by atoms with Crippen LogP contribution in [0.15, 0.2) is 18.3 Å². The zero-order chi connectivity index (χ0) is 17.1. The minimum atomic E-state index is 0.0574. The van der Waals surface area contributed by atoms with Gasteiger partial charge in [-0.15, -0.1) is 0 Å². The number of thiazole rings is 1. The molecule has 1 aliphatic rings. The van der Waals surface area contributed by atoms with Gasteiger partial charge in [0.1, 0.15) is 4.88 Å². The van der Waals surface area contributed by atoms with Gasteiger partial charge in [0.05, 0.1) is 18.5 Å². The number of hydrogen-bond acceptors (Lipinski definition) is 6. The lowest BCUT2D eigenvalue weighted by Crippen LogP contribution is -2.48. The maximum absolute atomic E-state index is 12.7. The van der Waals surface area contributed by atoms with Gasteiger partial charge in [0.15, 0.2) is 0 Å². The Morgan fingerprint density at radius 2 is 2.04 bits per heavy atom. The van der Waals surface area contributed by atoms with Gasteiger partial charge in [-0.3, -0.25) is 14.7 Å². The molecule has 0 unspecified atom stereocenters. The van der Waals surface area contributed by atoms with Crippen LogP contribution < -0.4 is 4.74 Å². The highest BCUT2D eigenvalue weighted by atomic mass is 32.1. The number of methoxy groups -OCH3 is 1. The summed E-state index contributed by atoms with van der Waals surface area (Å²) in [5.74, 6) is 0.0574. The maximum Gasteiger partial charge on any atom is 0.273 e. The van der Waals surface area contributed by atoms with E-state index < -0.39 is 0 Å². The number of piperazine rings is 1. The van der Waals surface area contributed by atoms with Crippen molar-refractivity contribution >= 4 is 17.2 Å². The summed E-state index contributed by atoms with van der Waals surface area (Å²) >= 11 is 1.32. The first-order chi connectivity index (χ1) is 11.6. The van der Waals surface area contributed by atoms with Crippen molar-refractivity contribution in [2.24, 2.45) is 0 Å². The van der Waals surface area contributed by atoms with Crippen LogP contribution in [0.3, 0.4) is 0 Å². The lowest BCUT2D eigenvalue weighted by Gasteiger charge is -2.34. The number of carbonyl (C=O) groups excluding carboxylic acids is 1. The fraction of sp³-hybridized carbons (Fsp3) is 0.471. The molecule has 1 fully saturated rings. The smallest absolute Gasteiger partial charge is 0.273 e. The van der Waals surface area contributed by atoms with E-state index in [-0.39, 0.29) is 5.91 Å². The van der Waals surface area contributed by atoms with Gasteiger partial charge in [-0.2, -0.15) is 0 Å². The summed E-state index contributed by atoms with van der Waals surface area (Å²) in [7, 11) is 1.57. The molecule has 24 heavy (non-hydrogen) atoms. The number of carbonyl (C=O) groups is 1. The van der Waals surface area contributed by atoms with Gasteiger partial charge in [0.25, 0.3) is 11.1 Å². The molecule has 1 amide bonds. The standard InChI is InChI=1S/C17H22N4O2S/c1-12-5-4-6-18-14(12)11-20-7-9-21(10-8-20)16(22)15-13(2)19-17(23-3)24-15/h4-6H,7-11H2,1-3H3. The fourth-order valence-electron chi connectivity index (χ4n) is 2.81. The Bertz CT molecular complexity index is 723. The molecule has 3 heterocycles. The lowest BCUT2D eigenvalue weighted by molar-refractivity contribution is 0.0630. The predicted octanol–water partition coefficient (Wildman–Crippen LogP) is 2.12. The first-order valence-electron chi connectivity index (χ1n) is 8.02. The van der Waals surface area contributed by atoms with E-state index in [1.54, 1.807) is 7.11 Å². The zero-order valence-electron chi connectivity index (χ0n) is 14.3. The Labute approximate surface area is 146 Å². The van der Waals surface area contributed by atoms with Crippen LogP contribution in [0.4, 0.5) is 0 Å². The van der Waals surface area contributed by atoms with E-state index in [9.17, 15) is 4.79 Å². The zero-order valence-corrected chi connectivity index (χ0v) is 15.1. The second-order valence-corrected chi connectivity index (χ2v) is 6.90. The number of aryl methyl sites for hydroxylation is 2. The molecule has 2 aromatic heterocycles. The first kappa shape index (κ1) is 16.9. The van der Waals surface area contributed by atoms with E-state index in [0.717, 1.165) is 44.1 Å². The van der Waals surface area contributed by atoms with Gasteiger partial charge >= 0.3 is 0 Å². The van der Waals surface area contributed by atoms with Crippen LogP contribution in [0.5, 0.6) is 5.19 Å². The molecule has 0 saturated carbocycles. The van der Waals surface area contributed by atoms with Crippen LogP contribution in [0.1, 0.15) is 26.6 Å². The SMILES string of the molecule is COc1nc(C)c(C(=O)N2CCN(Cc3ncccc3C)CC2)s1. The molecule has 0 aliphatic carbocycles. The normalized spacial score (nSPS) is 15.5. The summed E-state index contributed by atoms with van der Waals surface area (Å²) in [5, 5.41) is 0.542. The topological polar surface area (TPSA) is 58.6 Å². The Morgan fingerprint density at radius 1 is 1.29 bits per heavy atom. The minimum Gasteiger partial charge on any atom is -0.473 e. The van der Waals surface area contributed by atoms with Crippen LogP contribution in [0.25, 0.3) is 0 Å². The van der Waals surface area contributed by atoms with E-state index in [1.807, 2.05) is 24.1 Å². The maximum atomic E-state index is 12.7. The molecular formula is C17H22N4O2S. The van der Waals surface area contributed by atoms with Crippen molar-refractivity contribution in [1.82, 2.24) is 19.8 Å². The molecule has 6 nitrogen and oxygen atoms in total. The molecule has 1 saturated heterocycles. The number of nitrogens with zero attached hydrogens (tertiary/aromatic N) is 4. The number of ether oxygens (including phenoxy) is 1. The van der Waals surface area contributed by atoms with E-state index in [4.69, 9.17) is 4.74 Å². The van der Waals surface area contributed by atoms with E-state index in [1.165, 1.54) is 16.9 Å². The van der Waals surface area contributed by atoms with Crippen molar-refractivity contribution in [3.8, 4) is 5.19 Å². The number of rotatable bonds is 4.